The first-order valence-electron chi connectivity index (χ1n) is 15.5. The molecule has 3 aromatic heterocycles. The Labute approximate surface area is 303 Å². The molecule has 0 aliphatic carbocycles. The van der Waals surface area contributed by atoms with E-state index in [4.69, 9.17) is 4.74 Å². The highest BCUT2D eigenvalue weighted by Gasteiger charge is 2.28. The van der Waals surface area contributed by atoms with Crippen molar-refractivity contribution >= 4 is 60.8 Å². The number of carbonyl (C=O) groups is 1. The maximum atomic E-state index is 14.7. The second-order valence-corrected chi connectivity index (χ2v) is 13.4. The molecule has 0 saturated heterocycles. The highest BCUT2D eigenvalue weighted by molar-refractivity contribution is 7.22. The molecule has 0 saturated carbocycles. The van der Waals surface area contributed by atoms with E-state index < -0.39 is 11.8 Å². The van der Waals surface area contributed by atoms with Gasteiger partial charge >= 0.3 is 5.97 Å². The van der Waals surface area contributed by atoms with Crippen molar-refractivity contribution in [2.75, 3.05) is 43.5 Å². The molecule has 2 aromatic carbocycles. The molecule has 6 rings (SSSR count). The van der Waals surface area contributed by atoms with Crippen molar-refractivity contribution in [3.8, 4) is 17.6 Å². The fourth-order valence-corrected chi connectivity index (χ4v) is 7.22. The SMILES string of the molecule is CC[NH+](C)CC#Cc1ccc(OCCCc2sc(N3CCCc4c3nnc(Nc3nc5ccccc5s3)c4C)nc2C(=O)O)c(F)c1.[I-]. The molecule has 0 bridgehead atoms. The number of rotatable bonds is 11. The lowest BCUT2D eigenvalue weighted by molar-refractivity contribution is -0.869. The van der Waals surface area contributed by atoms with Crippen LogP contribution in [0.25, 0.3) is 10.2 Å². The Morgan fingerprint density at radius 2 is 2.02 bits per heavy atom. The van der Waals surface area contributed by atoms with Crippen molar-refractivity contribution < 1.29 is 47.9 Å². The minimum absolute atomic E-state index is 0. The molecule has 48 heavy (non-hydrogen) atoms. The molecule has 0 radical (unpaired) electrons. The molecule has 1 aliphatic rings. The third kappa shape index (κ3) is 8.03. The fraction of sp³-hybridized carbons (Fsp3) is 0.324. The molecule has 4 heterocycles. The molecular formula is C34H35FIN7O3S2. The lowest BCUT2D eigenvalue weighted by Crippen LogP contribution is -3.08. The summed E-state index contributed by atoms with van der Waals surface area (Å²) in [5.74, 6) is 5.98. The predicted molar refractivity (Wildman–Crippen MR) is 183 cm³/mol. The molecule has 14 heteroatoms. The summed E-state index contributed by atoms with van der Waals surface area (Å²) in [4.78, 5) is 25.2. The molecule has 0 spiro atoms. The zero-order valence-electron chi connectivity index (χ0n) is 26.8. The van der Waals surface area contributed by atoms with Crippen molar-refractivity contribution in [3.05, 3.63) is 75.5 Å². The van der Waals surface area contributed by atoms with Gasteiger partial charge in [0.1, 0.15) is 6.54 Å². The highest BCUT2D eigenvalue weighted by Crippen LogP contribution is 2.39. The van der Waals surface area contributed by atoms with Crippen LogP contribution in [0.2, 0.25) is 0 Å². The van der Waals surface area contributed by atoms with Crippen LogP contribution >= 0.6 is 22.7 Å². The topological polar surface area (TPSA) is 118 Å². The number of aryl methyl sites for hydroxylation is 1. The summed E-state index contributed by atoms with van der Waals surface area (Å²) in [6.45, 7) is 6.63. The lowest BCUT2D eigenvalue weighted by Gasteiger charge is -2.28. The summed E-state index contributed by atoms with van der Waals surface area (Å²) in [5.41, 5.74) is 3.56. The van der Waals surface area contributed by atoms with Crippen molar-refractivity contribution in [3.63, 3.8) is 0 Å². The van der Waals surface area contributed by atoms with Crippen LogP contribution in [0.4, 0.5) is 26.3 Å². The van der Waals surface area contributed by atoms with Crippen LogP contribution < -0.4 is 43.8 Å². The van der Waals surface area contributed by atoms with Gasteiger partial charge in [-0.3, -0.25) is 0 Å². The Balaban J connectivity index is 0.00000451. The van der Waals surface area contributed by atoms with E-state index in [1.165, 1.54) is 22.3 Å². The van der Waals surface area contributed by atoms with Gasteiger partial charge in [0.15, 0.2) is 39.2 Å². The van der Waals surface area contributed by atoms with E-state index >= 15 is 0 Å². The van der Waals surface area contributed by atoms with Crippen molar-refractivity contribution in [1.82, 2.24) is 20.2 Å². The number of benzene rings is 2. The first-order chi connectivity index (χ1) is 22.8. The summed E-state index contributed by atoms with van der Waals surface area (Å²) in [5, 5.41) is 23.6. The molecule has 3 N–H and O–H groups in total. The number of ether oxygens (including phenoxy) is 1. The quantitative estimate of drug-likeness (QED) is 0.105. The molecule has 250 valence electrons. The summed E-state index contributed by atoms with van der Waals surface area (Å²) < 4.78 is 21.4. The van der Waals surface area contributed by atoms with Gasteiger partial charge in [-0.2, -0.15) is 0 Å². The van der Waals surface area contributed by atoms with Crippen molar-refractivity contribution in [2.45, 2.75) is 39.5 Å². The van der Waals surface area contributed by atoms with E-state index in [0.29, 0.717) is 53.1 Å². The lowest BCUT2D eigenvalue weighted by atomic mass is 10.0. The number of carboxylic acid groups (broad SMARTS) is 1. The molecular weight excluding hydrogens is 764 g/mol. The van der Waals surface area contributed by atoms with Gasteiger partial charge < -0.3 is 48.9 Å². The maximum Gasteiger partial charge on any atom is 0.355 e. The fourth-order valence-electron chi connectivity index (χ4n) is 5.24. The van der Waals surface area contributed by atoms with E-state index in [1.54, 1.807) is 23.5 Å². The number of nitrogens with one attached hydrogen (secondary N) is 2. The molecule has 5 aromatic rings. The van der Waals surface area contributed by atoms with E-state index in [1.807, 2.05) is 36.1 Å². The Bertz CT molecular complexity index is 1960. The van der Waals surface area contributed by atoms with E-state index in [9.17, 15) is 14.3 Å². The van der Waals surface area contributed by atoms with Gasteiger partial charge in [0, 0.05) is 28.1 Å². The third-order valence-corrected chi connectivity index (χ3v) is 10.1. The number of hydrogen-bond acceptors (Lipinski definition) is 10. The van der Waals surface area contributed by atoms with E-state index in [0.717, 1.165) is 45.9 Å². The summed E-state index contributed by atoms with van der Waals surface area (Å²) in [7, 11) is 2.06. The number of fused-ring (bicyclic) bond motifs is 2. The Morgan fingerprint density at radius 3 is 2.79 bits per heavy atom. The van der Waals surface area contributed by atoms with Gasteiger partial charge in [0.25, 0.3) is 0 Å². The molecule has 0 fully saturated rings. The largest absolute Gasteiger partial charge is 1.00 e. The molecule has 0 amide bonds. The van der Waals surface area contributed by atoms with Crippen molar-refractivity contribution in [1.29, 1.82) is 0 Å². The normalized spacial score (nSPS) is 12.9. The van der Waals surface area contributed by atoms with Gasteiger partial charge in [-0.25, -0.2) is 19.2 Å². The number of quaternary nitrogens is 1. The number of aromatic nitrogens is 4. The Hall–Kier alpha value is -3.91. The summed E-state index contributed by atoms with van der Waals surface area (Å²) >= 11 is 2.89. The van der Waals surface area contributed by atoms with Crippen LogP contribution in [-0.2, 0) is 12.8 Å². The number of nitrogens with zero attached hydrogens (tertiary/aromatic N) is 5. The number of aromatic carboxylic acids is 1. The van der Waals surface area contributed by atoms with Gasteiger partial charge in [-0.1, -0.05) is 29.4 Å². The van der Waals surface area contributed by atoms with Crippen LogP contribution in [-0.4, -0.2) is 64.5 Å². The number of carboxylic acids is 1. The van der Waals surface area contributed by atoms with Crippen LogP contribution in [0.1, 0.15) is 51.8 Å². The number of para-hydroxylation sites is 1. The van der Waals surface area contributed by atoms with Crippen LogP contribution in [0.15, 0.2) is 42.5 Å². The van der Waals surface area contributed by atoms with Crippen molar-refractivity contribution in [2.24, 2.45) is 0 Å². The average Bonchev–Trinajstić information content (AvgIpc) is 3.69. The number of anilines is 4. The summed E-state index contributed by atoms with van der Waals surface area (Å²) in [6.07, 6.45) is 2.60. The average molecular weight is 800 g/mol. The minimum atomic E-state index is -1.09. The van der Waals surface area contributed by atoms with Gasteiger partial charge in [0.2, 0.25) is 0 Å². The zero-order valence-corrected chi connectivity index (χ0v) is 30.6. The Kier molecular flexibility index (Phi) is 11.8. The van der Waals surface area contributed by atoms with Gasteiger partial charge in [-0.15, -0.1) is 21.5 Å². The summed E-state index contributed by atoms with van der Waals surface area (Å²) in [6, 6.07) is 12.7. The second-order valence-electron chi connectivity index (χ2n) is 11.3. The number of thiazole rings is 2. The van der Waals surface area contributed by atoms with Crippen LogP contribution in [0.5, 0.6) is 5.75 Å². The monoisotopic (exact) mass is 799 g/mol. The number of hydrogen-bond donors (Lipinski definition) is 3. The van der Waals surface area contributed by atoms with Crippen LogP contribution in [0, 0.1) is 24.6 Å². The molecule has 10 nitrogen and oxygen atoms in total. The second kappa shape index (κ2) is 16.0. The first-order valence-corrected chi connectivity index (χ1v) is 17.2. The molecule has 1 unspecified atom stereocenters. The van der Waals surface area contributed by atoms with Gasteiger partial charge in [0.05, 0.1) is 30.4 Å². The minimum Gasteiger partial charge on any atom is -1.00 e. The third-order valence-electron chi connectivity index (χ3n) is 7.99. The molecule has 1 aliphatic heterocycles. The first kappa shape index (κ1) is 35.4. The number of halogens is 2. The maximum absolute atomic E-state index is 14.7. The van der Waals surface area contributed by atoms with Gasteiger partial charge in [-0.05, 0) is 75.8 Å². The highest BCUT2D eigenvalue weighted by atomic mass is 127. The Morgan fingerprint density at radius 1 is 1.19 bits per heavy atom. The zero-order chi connectivity index (χ0) is 32.9. The smallest absolute Gasteiger partial charge is 0.355 e. The van der Waals surface area contributed by atoms with Crippen LogP contribution in [0.3, 0.4) is 0 Å². The van der Waals surface area contributed by atoms with E-state index in [-0.39, 0.29) is 42.0 Å². The van der Waals surface area contributed by atoms with E-state index in [2.05, 4.69) is 51.3 Å². The molecule has 1 atom stereocenters. The standard InChI is InChI=1S/C34H34FN7O3S2.HI/c1-4-41(3)17-7-10-22-15-16-26(24(35)20-22)45-19-9-14-28-29(32(43)44)37-34(47-28)42-18-8-11-23-21(2)30(39-40-31(23)42)38-33-36-25-12-5-6-13-27(25)46-33;/h5-6,12-13,15-16,20H,4,8-9,11,14,17-19H2,1-3H3,(H,43,44)(H,36,38,39);1H. The predicted octanol–water partition coefficient (Wildman–Crippen LogP) is 2.42.